The average Bonchev–Trinajstić information content (AvgIpc) is 2.32. The largest absolute Gasteiger partial charge is 0.204 e. The molecule has 2 aromatic carbocycles. The van der Waals surface area contributed by atoms with Gasteiger partial charge in [0.15, 0.2) is 11.6 Å². The Morgan fingerprint density at radius 2 is 1.76 bits per heavy atom. The van der Waals surface area contributed by atoms with Crippen LogP contribution in [-0.4, -0.2) is 0 Å². The van der Waals surface area contributed by atoms with Crippen molar-refractivity contribution >= 4 is 0 Å². The third kappa shape index (κ3) is 2.16. The predicted molar refractivity (Wildman–Crippen MR) is 61.2 cm³/mol. The molecule has 0 aliphatic heterocycles. The van der Waals surface area contributed by atoms with Gasteiger partial charge in [0, 0.05) is 5.56 Å². The zero-order valence-electron chi connectivity index (χ0n) is 9.17. The number of aryl methyl sites for hydroxylation is 1. The average molecular weight is 229 g/mol. The molecular formula is C14H9F2N. The maximum Gasteiger partial charge on any atom is 0.160 e. The van der Waals surface area contributed by atoms with Crippen molar-refractivity contribution in [2.24, 2.45) is 0 Å². The molecule has 0 radical (unpaired) electrons. The van der Waals surface area contributed by atoms with Crippen LogP contribution in [0.4, 0.5) is 8.78 Å². The molecule has 0 heterocycles. The zero-order chi connectivity index (χ0) is 12.4. The minimum Gasteiger partial charge on any atom is -0.204 e. The number of nitrogens with zero attached hydrogens (tertiary/aromatic N) is 1. The van der Waals surface area contributed by atoms with E-state index in [9.17, 15) is 8.78 Å². The molecule has 0 aliphatic rings. The van der Waals surface area contributed by atoms with Crippen molar-refractivity contribution in [3.05, 3.63) is 59.2 Å². The van der Waals surface area contributed by atoms with Crippen molar-refractivity contribution in [2.75, 3.05) is 0 Å². The number of hydrogen-bond donors (Lipinski definition) is 0. The number of hydrogen-bond acceptors (Lipinski definition) is 1. The third-order valence-corrected chi connectivity index (χ3v) is 2.51. The molecule has 0 bridgehead atoms. The first-order valence-corrected chi connectivity index (χ1v) is 5.08. The van der Waals surface area contributed by atoms with Gasteiger partial charge in [0.25, 0.3) is 0 Å². The number of halogens is 2. The summed E-state index contributed by atoms with van der Waals surface area (Å²) in [6.45, 7) is 1.90. The van der Waals surface area contributed by atoms with Crippen molar-refractivity contribution in [2.45, 2.75) is 6.92 Å². The van der Waals surface area contributed by atoms with E-state index < -0.39 is 11.6 Å². The lowest BCUT2D eigenvalue weighted by Gasteiger charge is -2.06. The molecular weight excluding hydrogens is 220 g/mol. The van der Waals surface area contributed by atoms with Crippen molar-refractivity contribution in [3.8, 4) is 17.2 Å². The van der Waals surface area contributed by atoms with Crippen LogP contribution in [-0.2, 0) is 0 Å². The van der Waals surface area contributed by atoms with Crippen LogP contribution in [0.5, 0.6) is 0 Å². The molecule has 0 fully saturated rings. The monoisotopic (exact) mass is 229 g/mol. The van der Waals surface area contributed by atoms with Crippen LogP contribution in [0.1, 0.15) is 11.1 Å². The normalized spacial score (nSPS) is 10.0. The summed E-state index contributed by atoms with van der Waals surface area (Å²) in [4.78, 5) is 0. The van der Waals surface area contributed by atoms with Crippen LogP contribution in [0.25, 0.3) is 11.1 Å². The van der Waals surface area contributed by atoms with Crippen molar-refractivity contribution in [1.29, 1.82) is 5.26 Å². The van der Waals surface area contributed by atoms with E-state index in [4.69, 9.17) is 5.26 Å². The quantitative estimate of drug-likeness (QED) is 0.729. The van der Waals surface area contributed by atoms with Gasteiger partial charge in [-0.15, -0.1) is 0 Å². The van der Waals surface area contributed by atoms with Gasteiger partial charge in [-0.2, -0.15) is 5.26 Å². The van der Waals surface area contributed by atoms with Crippen molar-refractivity contribution in [1.82, 2.24) is 0 Å². The summed E-state index contributed by atoms with van der Waals surface area (Å²) in [6.07, 6.45) is 0. The van der Waals surface area contributed by atoms with Crippen LogP contribution in [0, 0.1) is 29.9 Å². The molecule has 17 heavy (non-hydrogen) atoms. The first-order valence-electron chi connectivity index (χ1n) is 5.08. The van der Waals surface area contributed by atoms with E-state index in [1.807, 2.05) is 31.2 Å². The van der Waals surface area contributed by atoms with E-state index in [1.165, 1.54) is 0 Å². The van der Waals surface area contributed by atoms with E-state index in [0.717, 1.165) is 17.7 Å². The second-order valence-corrected chi connectivity index (χ2v) is 3.79. The molecule has 84 valence electrons. The molecule has 0 saturated carbocycles. The molecule has 3 heteroatoms. The Bertz CT molecular complexity index is 612. The summed E-state index contributed by atoms with van der Waals surface area (Å²) in [5.41, 5.74) is 2.25. The number of benzene rings is 2. The smallest absolute Gasteiger partial charge is 0.160 e. The van der Waals surface area contributed by atoms with E-state index in [1.54, 1.807) is 6.07 Å². The molecule has 0 amide bonds. The second kappa shape index (κ2) is 4.34. The Kier molecular flexibility index (Phi) is 2.88. The second-order valence-electron chi connectivity index (χ2n) is 3.79. The van der Waals surface area contributed by atoms with E-state index in [0.29, 0.717) is 11.1 Å². The molecule has 2 rings (SSSR count). The number of rotatable bonds is 1. The molecule has 0 atom stereocenters. The summed E-state index contributed by atoms with van der Waals surface area (Å²) >= 11 is 0. The Morgan fingerprint density at radius 3 is 2.41 bits per heavy atom. The highest BCUT2D eigenvalue weighted by atomic mass is 19.2. The Labute approximate surface area is 97.9 Å². The minimum atomic E-state index is -1.00. The Balaban J connectivity index is 2.67. The van der Waals surface area contributed by atoms with Crippen LogP contribution >= 0.6 is 0 Å². The number of nitriles is 1. The lowest BCUT2D eigenvalue weighted by molar-refractivity contribution is 0.508. The molecule has 2 aromatic rings. The van der Waals surface area contributed by atoms with Gasteiger partial charge in [-0.1, -0.05) is 29.8 Å². The topological polar surface area (TPSA) is 23.8 Å². The van der Waals surface area contributed by atoms with Crippen molar-refractivity contribution in [3.63, 3.8) is 0 Å². The van der Waals surface area contributed by atoms with Gasteiger partial charge < -0.3 is 0 Å². The van der Waals surface area contributed by atoms with Crippen LogP contribution in [0.2, 0.25) is 0 Å². The van der Waals surface area contributed by atoms with E-state index in [-0.39, 0.29) is 5.56 Å². The van der Waals surface area contributed by atoms with Crippen LogP contribution < -0.4 is 0 Å². The highest BCUT2D eigenvalue weighted by Gasteiger charge is 2.11. The first kappa shape index (κ1) is 11.3. The SMILES string of the molecule is Cc1cccc(-c2cc(F)c(F)cc2C#N)c1. The lowest BCUT2D eigenvalue weighted by Crippen LogP contribution is -1.91. The predicted octanol–water partition coefficient (Wildman–Crippen LogP) is 3.81. The zero-order valence-corrected chi connectivity index (χ0v) is 9.17. The molecule has 0 aliphatic carbocycles. The highest BCUT2D eigenvalue weighted by molar-refractivity contribution is 5.71. The van der Waals surface area contributed by atoms with Gasteiger partial charge in [-0.25, -0.2) is 8.78 Å². The summed E-state index contributed by atoms with van der Waals surface area (Å²) in [5, 5.41) is 8.93. The lowest BCUT2D eigenvalue weighted by atomic mass is 9.98. The standard InChI is InChI=1S/C14H9F2N/c1-9-3-2-4-10(5-9)12-7-14(16)13(15)6-11(12)8-17/h2-7H,1H3. The van der Waals surface area contributed by atoms with Gasteiger partial charge in [-0.3, -0.25) is 0 Å². The fourth-order valence-electron chi connectivity index (χ4n) is 1.69. The van der Waals surface area contributed by atoms with E-state index >= 15 is 0 Å². The van der Waals surface area contributed by atoms with Gasteiger partial charge in [0.1, 0.15) is 0 Å². The van der Waals surface area contributed by atoms with Gasteiger partial charge in [0.2, 0.25) is 0 Å². The molecule has 1 nitrogen and oxygen atoms in total. The maximum atomic E-state index is 13.2. The summed E-state index contributed by atoms with van der Waals surface area (Å²) in [5.74, 6) is -1.95. The summed E-state index contributed by atoms with van der Waals surface area (Å²) in [6, 6.07) is 11.2. The van der Waals surface area contributed by atoms with E-state index in [2.05, 4.69) is 0 Å². The molecule has 0 unspecified atom stereocenters. The molecule has 0 spiro atoms. The minimum absolute atomic E-state index is 0.134. The highest BCUT2D eigenvalue weighted by Crippen LogP contribution is 2.26. The fraction of sp³-hybridized carbons (Fsp3) is 0.0714. The Morgan fingerprint density at radius 1 is 1.06 bits per heavy atom. The van der Waals surface area contributed by atoms with Gasteiger partial charge in [-0.05, 0) is 24.6 Å². The Hall–Kier alpha value is -2.21. The molecule has 0 N–H and O–H groups in total. The fourth-order valence-corrected chi connectivity index (χ4v) is 1.69. The first-order chi connectivity index (χ1) is 8.11. The van der Waals surface area contributed by atoms with Crippen LogP contribution in [0.3, 0.4) is 0 Å². The van der Waals surface area contributed by atoms with Gasteiger partial charge >= 0.3 is 0 Å². The van der Waals surface area contributed by atoms with Gasteiger partial charge in [0.05, 0.1) is 11.6 Å². The summed E-state index contributed by atoms with van der Waals surface area (Å²) in [7, 11) is 0. The van der Waals surface area contributed by atoms with Crippen LogP contribution in [0.15, 0.2) is 36.4 Å². The molecule has 0 aromatic heterocycles. The third-order valence-electron chi connectivity index (χ3n) is 2.51. The molecule has 0 saturated heterocycles. The van der Waals surface area contributed by atoms with Crippen molar-refractivity contribution < 1.29 is 8.78 Å². The summed E-state index contributed by atoms with van der Waals surface area (Å²) < 4.78 is 26.2. The maximum absolute atomic E-state index is 13.2.